The van der Waals surface area contributed by atoms with Gasteiger partial charge in [-0.05, 0) is 57.7 Å². The molecule has 0 aliphatic carbocycles. The molecule has 2 aromatic rings. The van der Waals surface area contributed by atoms with Crippen LogP contribution in [0, 0.1) is 13.8 Å². The topological polar surface area (TPSA) is 77.8 Å². The number of thioether (sulfide) groups is 1. The number of esters is 1. The summed E-state index contributed by atoms with van der Waals surface area (Å²) in [6, 6.07) is 8.91. The van der Waals surface area contributed by atoms with Gasteiger partial charge in [0.15, 0.2) is 6.61 Å². The average molecular weight is 485 g/mol. The number of hydrogen-bond acceptors (Lipinski definition) is 6. The smallest absolute Gasteiger partial charge is 0.339 e. The third kappa shape index (κ3) is 5.73. The first-order valence-electron chi connectivity index (χ1n) is 11.9. The largest absolute Gasteiger partial charge is 0.454 e. The van der Waals surface area contributed by atoms with Crippen LogP contribution in [0.3, 0.4) is 0 Å². The van der Waals surface area contributed by atoms with Gasteiger partial charge in [0.05, 0.1) is 17.4 Å². The van der Waals surface area contributed by atoms with Gasteiger partial charge in [0.25, 0.3) is 0 Å². The lowest BCUT2D eigenvalue weighted by Gasteiger charge is -2.15. The Morgan fingerprint density at radius 1 is 1.09 bits per heavy atom. The van der Waals surface area contributed by atoms with E-state index in [-0.39, 0.29) is 30.2 Å². The molecule has 2 saturated heterocycles. The van der Waals surface area contributed by atoms with Crippen LogP contribution >= 0.6 is 11.8 Å². The van der Waals surface area contributed by atoms with Crippen LogP contribution in [-0.2, 0) is 20.8 Å². The molecular weight excluding hydrogens is 452 g/mol. The normalized spacial score (nSPS) is 17.8. The number of likely N-dealkylation sites (tertiary alicyclic amines) is 1. The van der Waals surface area contributed by atoms with Crippen molar-refractivity contribution in [2.75, 3.05) is 32.1 Å². The first kappa shape index (κ1) is 24.5. The summed E-state index contributed by atoms with van der Waals surface area (Å²) in [6.45, 7) is 6.69. The van der Waals surface area contributed by atoms with Crippen molar-refractivity contribution in [2.24, 2.45) is 0 Å². The predicted octanol–water partition coefficient (Wildman–Crippen LogP) is 4.04. The van der Waals surface area contributed by atoms with E-state index in [2.05, 4.69) is 4.57 Å². The molecule has 2 aliphatic rings. The second-order valence-electron chi connectivity index (χ2n) is 8.90. The van der Waals surface area contributed by atoms with Crippen LogP contribution in [-0.4, -0.2) is 65.3 Å². The maximum atomic E-state index is 12.9. The van der Waals surface area contributed by atoms with E-state index in [1.807, 2.05) is 30.9 Å². The number of hydrogen-bond donors (Lipinski definition) is 0. The second kappa shape index (κ2) is 11.2. The Balaban J connectivity index is 1.35. The summed E-state index contributed by atoms with van der Waals surface area (Å²) in [5.41, 5.74) is 2.80. The number of benzene rings is 1. The maximum absolute atomic E-state index is 12.9. The number of carbonyl (C=O) groups excluding carboxylic acids is 3. The monoisotopic (exact) mass is 484 g/mol. The van der Waals surface area contributed by atoms with E-state index in [0.29, 0.717) is 16.0 Å². The van der Waals surface area contributed by atoms with E-state index in [4.69, 9.17) is 9.47 Å². The van der Waals surface area contributed by atoms with Crippen LogP contribution in [0.2, 0.25) is 0 Å². The lowest BCUT2D eigenvalue weighted by Crippen LogP contribution is -2.29. The molecule has 7 nitrogen and oxygen atoms in total. The van der Waals surface area contributed by atoms with Crippen molar-refractivity contribution in [2.45, 2.75) is 57.1 Å². The quantitative estimate of drug-likeness (QED) is 0.304. The lowest BCUT2D eigenvalue weighted by molar-refractivity contribution is -0.127. The molecule has 8 heteroatoms. The zero-order chi connectivity index (χ0) is 24.1. The number of nitrogens with zero attached hydrogens (tertiary/aromatic N) is 2. The van der Waals surface area contributed by atoms with Crippen LogP contribution in [0.1, 0.15) is 57.8 Å². The standard InChI is InChI=1S/C26H32N2O5S/c1-18-14-22(19(2)28(18)15-20-8-7-13-32-20)23(29)16-33-26(31)21-9-3-4-10-24(21)34-17-25(30)27-11-5-6-12-27/h3-4,9-10,14,20H,5-8,11-13,15-17H2,1-2H3. The van der Waals surface area contributed by atoms with Gasteiger partial charge in [-0.25, -0.2) is 4.79 Å². The Morgan fingerprint density at radius 3 is 2.59 bits per heavy atom. The zero-order valence-corrected chi connectivity index (χ0v) is 20.7. The number of ketones is 1. The van der Waals surface area contributed by atoms with Crippen LogP contribution in [0.25, 0.3) is 0 Å². The Labute approximate surface area is 204 Å². The molecular formula is C26H32N2O5S. The van der Waals surface area contributed by atoms with Gasteiger partial charge in [-0.1, -0.05) is 12.1 Å². The molecule has 1 amide bonds. The van der Waals surface area contributed by atoms with Gasteiger partial charge >= 0.3 is 5.97 Å². The van der Waals surface area contributed by atoms with Gasteiger partial charge in [0, 0.05) is 48.1 Å². The highest BCUT2D eigenvalue weighted by atomic mass is 32.2. The Hall–Kier alpha value is -2.58. The highest BCUT2D eigenvalue weighted by molar-refractivity contribution is 8.00. The third-order valence-electron chi connectivity index (χ3n) is 6.54. The molecule has 182 valence electrons. The molecule has 1 aromatic carbocycles. The summed E-state index contributed by atoms with van der Waals surface area (Å²) >= 11 is 1.33. The highest BCUT2D eigenvalue weighted by Crippen LogP contribution is 2.25. The van der Waals surface area contributed by atoms with Gasteiger partial charge in [-0.3, -0.25) is 9.59 Å². The fraction of sp³-hybridized carbons (Fsp3) is 0.500. The minimum absolute atomic E-state index is 0.0826. The number of rotatable bonds is 9. The molecule has 0 N–H and O–H groups in total. The Kier molecular flexibility index (Phi) is 8.11. The number of amides is 1. The van der Waals surface area contributed by atoms with Crippen molar-refractivity contribution in [1.29, 1.82) is 0 Å². The first-order valence-corrected chi connectivity index (χ1v) is 12.9. The van der Waals surface area contributed by atoms with Crippen molar-refractivity contribution in [3.05, 3.63) is 52.8 Å². The number of Topliss-reactive ketones (excluding diaryl/α,β-unsaturated/α-hetero) is 1. The molecule has 3 heterocycles. The summed E-state index contributed by atoms with van der Waals surface area (Å²) in [4.78, 5) is 40.6. The van der Waals surface area contributed by atoms with E-state index in [0.717, 1.165) is 63.3 Å². The highest BCUT2D eigenvalue weighted by Gasteiger charge is 2.23. The van der Waals surface area contributed by atoms with E-state index in [1.165, 1.54) is 11.8 Å². The van der Waals surface area contributed by atoms with Crippen molar-refractivity contribution in [1.82, 2.24) is 9.47 Å². The van der Waals surface area contributed by atoms with Gasteiger partial charge in [0.1, 0.15) is 0 Å². The van der Waals surface area contributed by atoms with Crippen molar-refractivity contribution < 1.29 is 23.9 Å². The minimum atomic E-state index is -0.557. The number of aryl methyl sites for hydroxylation is 1. The molecule has 4 rings (SSSR count). The molecule has 0 saturated carbocycles. The molecule has 34 heavy (non-hydrogen) atoms. The van der Waals surface area contributed by atoms with Crippen molar-refractivity contribution in [3.8, 4) is 0 Å². The molecule has 2 fully saturated rings. The van der Waals surface area contributed by atoms with Crippen molar-refractivity contribution in [3.63, 3.8) is 0 Å². The molecule has 0 bridgehead atoms. The van der Waals surface area contributed by atoms with Crippen LogP contribution < -0.4 is 0 Å². The average Bonchev–Trinajstić information content (AvgIpc) is 3.61. The summed E-state index contributed by atoms with van der Waals surface area (Å²) in [5.74, 6) is -0.424. The predicted molar refractivity (Wildman–Crippen MR) is 130 cm³/mol. The first-order chi connectivity index (χ1) is 16.4. The molecule has 1 aromatic heterocycles. The fourth-order valence-corrected chi connectivity index (χ4v) is 5.54. The number of aromatic nitrogens is 1. The van der Waals surface area contributed by atoms with E-state index >= 15 is 0 Å². The molecule has 2 aliphatic heterocycles. The molecule has 1 atom stereocenters. The van der Waals surface area contributed by atoms with Gasteiger partial charge in [0.2, 0.25) is 11.7 Å². The lowest BCUT2D eigenvalue weighted by atomic mass is 10.1. The molecule has 0 radical (unpaired) electrons. The van der Waals surface area contributed by atoms with Crippen LogP contribution in [0.15, 0.2) is 35.2 Å². The SMILES string of the molecule is Cc1cc(C(=O)COC(=O)c2ccccc2SCC(=O)N2CCCC2)c(C)n1CC1CCCO1. The zero-order valence-electron chi connectivity index (χ0n) is 19.9. The minimum Gasteiger partial charge on any atom is -0.454 e. The summed E-state index contributed by atoms with van der Waals surface area (Å²) in [6.07, 6.45) is 4.36. The van der Waals surface area contributed by atoms with Crippen molar-refractivity contribution >= 4 is 29.4 Å². The van der Waals surface area contributed by atoms with Gasteiger partial charge in [-0.2, -0.15) is 0 Å². The van der Waals surface area contributed by atoms with Gasteiger partial charge in [-0.15, -0.1) is 11.8 Å². The van der Waals surface area contributed by atoms with Crippen LogP contribution in [0.5, 0.6) is 0 Å². The Morgan fingerprint density at radius 2 is 1.85 bits per heavy atom. The molecule has 1 unspecified atom stereocenters. The summed E-state index contributed by atoms with van der Waals surface area (Å²) < 4.78 is 13.2. The number of carbonyl (C=O) groups is 3. The molecule has 0 spiro atoms. The maximum Gasteiger partial charge on any atom is 0.339 e. The van der Waals surface area contributed by atoms with E-state index < -0.39 is 5.97 Å². The van der Waals surface area contributed by atoms with Crippen LogP contribution in [0.4, 0.5) is 0 Å². The van der Waals surface area contributed by atoms with Gasteiger partial charge < -0.3 is 18.9 Å². The number of ether oxygens (including phenoxy) is 2. The van der Waals surface area contributed by atoms with E-state index in [1.54, 1.807) is 18.2 Å². The van der Waals surface area contributed by atoms with E-state index in [9.17, 15) is 14.4 Å². The third-order valence-corrected chi connectivity index (χ3v) is 7.59. The summed E-state index contributed by atoms with van der Waals surface area (Å²) in [5, 5.41) is 0. The summed E-state index contributed by atoms with van der Waals surface area (Å²) in [7, 11) is 0. The fourth-order valence-electron chi connectivity index (χ4n) is 4.60. The Bertz CT molecular complexity index is 1050. The second-order valence-corrected chi connectivity index (χ2v) is 9.92.